The van der Waals surface area contributed by atoms with Gasteiger partial charge in [-0.1, -0.05) is 44.2 Å². The summed E-state index contributed by atoms with van der Waals surface area (Å²) in [4.78, 5) is 26.1. The van der Waals surface area contributed by atoms with E-state index in [4.69, 9.17) is 4.74 Å². The number of aliphatic hydroxyl groups excluding tert-OH is 2. The van der Waals surface area contributed by atoms with E-state index in [0.29, 0.717) is 31.2 Å². The predicted octanol–water partition coefficient (Wildman–Crippen LogP) is 5.41. The summed E-state index contributed by atoms with van der Waals surface area (Å²) in [5.74, 6) is 0.365. The minimum Gasteiger partial charge on any atom is -0.480 e. The molecule has 3 fully saturated rings. The molecule has 1 aliphatic carbocycles. The number of carboxylic acids is 1. The van der Waals surface area contributed by atoms with Crippen LogP contribution in [0, 0.1) is 17.8 Å². The second kappa shape index (κ2) is 15.7. The Labute approximate surface area is 235 Å². The summed E-state index contributed by atoms with van der Waals surface area (Å²) < 4.78 is 6.29. The number of carbonyl (C=O) groups excluding carboxylic acids is 1. The standard InChI is InChI=1S/C32H51NO6/c1-22(19-25-13-15-26(34)16-14-25)9-5-4-6-10-23(2)29(35)20-27-17-12-24(3)30(39-27)21-31(36)33-18-8-7-11-28(33)32(37)38/h4-6,9-10,22,24-30,34-35H,7-8,11-21H2,1-3H3,(H,37,38)/b6-4+,9-5+,23-10+/t22-,24-,25-,26-,27+,28+,29+,30+/m1/s1. The quantitative estimate of drug-likeness (QED) is 0.300. The maximum absolute atomic E-state index is 13.0. The largest absolute Gasteiger partial charge is 0.480 e. The number of carbonyl (C=O) groups is 2. The zero-order chi connectivity index (χ0) is 28.4. The van der Waals surface area contributed by atoms with Crippen molar-refractivity contribution in [3.63, 3.8) is 0 Å². The molecule has 0 radical (unpaired) electrons. The van der Waals surface area contributed by atoms with Crippen LogP contribution in [0.25, 0.3) is 0 Å². The van der Waals surface area contributed by atoms with E-state index in [9.17, 15) is 24.9 Å². The highest BCUT2D eigenvalue weighted by Crippen LogP contribution is 2.32. The molecule has 3 N–H and O–H groups in total. The molecule has 7 heteroatoms. The maximum atomic E-state index is 13.0. The second-order valence-corrected chi connectivity index (χ2v) is 12.3. The fourth-order valence-electron chi connectivity index (χ4n) is 6.34. The molecule has 6 atom stereocenters. The minimum atomic E-state index is -0.927. The number of likely N-dealkylation sites (tertiary alicyclic amines) is 1. The molecule has 2 heterocycles. The zero-order valence-electron chi connectivity index (χ0n) is 24.2. The molecule has 3 rings (SSSR count). The Kier molecular flexibility index (Phi) is 12.7. The van der Waals surface area contributed by atoms with Crippen molar-refractivity contribution in [1.29, 1.82) is 0 Å². The lowest BCUT2D eigenvalue weighted by Gasteiger charge is -2.38. The summed E-state index contributed by atoms with van der Waals surface area (Å²) >= 11 is 0. The smallest absolute Gasteiger partial charge is 0.326 e. The molecule has 220 valence electrons. The topological polar surface area (TPSA) is 107 Å². The van der Waals surface area contributed by atoms with Gasteiger partial charge in [0.15, 0.2) is 0 Å². The molecular weight excluding hydrogens is 494 g/mol. The number of piperidine rings is 1. The molecule has 7 nitrogen and oxygen atoms in total. The van der Waals surface area contributed by atoms with Gasteiger partial charge in [0.25, 0.3) is 0 Å². The molecular formula is C32H51NO6. The van der Waals surface area contributed by atoms with Crippen LogP contribution in [0.2, 0.25) is 0 Å². The lowest BCUT2D eigenvalue weighted by atomic mass is 9.82. The van der Waals surface area contributed by atoms with Crippen LogP contribution < -0.4 is 0 Å². The maximum Gasteiger partial charge on any atom is 0.326 e. The monoisotopic (exact) mass is 545 g/mol. The van der Waals surface area contributed by atoms with Gasteiger partial charge in [0.1, 0.15) is 6.04 Å². The number of amides is 1. The van der Waals surface area contributed by atoms with E-state index in [1.807, 2.05) is 25.2 Å². The van der Waals surface area contributed by atoms with Crippen LogP contribution in [0.1, 0.15) is 97.8 Å². The van der Waals surface area contributed by atoms with Crippen molar-refractivity contribution in [2.75, 3.05) is 6.54 Å². The van der Waals surface area contributed by atoms with Gasteiger partial charge in [0.05, 0.1) is 30.8 Å². The van der Waals surface area contributed by atoms with Gasteiger partial charge in [-0.15, -0.1) is 0 Å². The van der Waals surface area contributed by atoms with Crippen molar-refractivity contribution in [2.24, 2.45) is 17.8 Å². The van der Waals surface area contributed by atoms with Crippen molar-refractivity contribution in [2.45, 2.75) is 128 Å². The van der Waals surface area contributed by atoms with Crippen LogP contribution in [0.4, 0.5) is 0 Å². The van der Waals surface area contributed by atoms with Crippen molar-refractivity contribution < 1.29 is 29.6 Å². The number of allylic oxidation sites excluding steroid dienone is 5. The SMILES string of the molecule is C\C(=C/C=C/C=C/[C@@H](C)C[C@H]1CC[C@H](O)CC1)[C@@H](O)C[C@@H]1CC[C@@H](C)[C@H](CC(=O)N2CCCC[C@H]2C(=O)O)O1. The van der Waals surface area contributed by atoms with Crippen molar-refractivity contribution in [3.05, 3.63) is 36.0 Å². The highest BCUT2D eigenvalue weighted by molar-refractivity contribution is 5.84. The van der Waals surface area contributed by atoms with Crippen LogP contribution in [-0.2, 0) is 14.3 Å². The third-order valence-corrected chi connectivity index (χ3v) is 8.98. The number of aliphatic hydroxyl groups is 2. The number of ether oxygens (including phenoxy) is 1. The molecule has 2 saturated heterocycles. The number of nitrogens with zero attached hydrogens (tertiary/aromatic N) is 1. The second-order valence-electron chi connectivity index (χ2n) is 12.3. The Morgan fingerprint density at radius 3 is 2.46 bits per heavy atom. The summed E-state index contributed by atoms with van der Waals surface area (Å²) in [5.41, 5.74) is 0.876. The lowest BCUT2D eigenvalue weighted by Crippen LogP contribution is -2.49. The van der Waals surface area contributed by atoms with Crippen molar-refractivity contribution in [3.8, 4) is 0 Å². The Balaban J connectivity index is 1.43. The van der Waals surface area contributed by atoms with E-state index in [2.05, 4.69) is 26.0 Å². The number of hydrogen-bond acceptors (Lipinski definition) is 5. The van der Waals surface area contributed by atoms with E-state index in [-0.39, 0.29) is 36.6 Å². The summed E-state index contributed by atoms with van der Waals surface area (Å²) in [6.45, 7) is 6.74. The van der Waals surface area contributed by atoms with Crippen LogP contribution in [-0.4, -0.2) is 69.1 Å². The highest BCUT2D eigenvalue weighted by atomic mass is 16.5. The van der Waals surface area contributed by atoms with Gasteiger partial charge < -0.3 is 25.0 Å². The summed E-state index contributed by atoms with van der Waals surface area (Å²) in [5, 5.41) is 30.0. The molecule has 0 aromatic heterocycles. The van der Waals surface area contributed by atoms with Gasteiger partial charge >= 0.3 is 5.97 Å². The Morgan fingerprint density at radius 1 is 1.00 bits per heavy atom. The van der Waals surface area contributed by atoms with Gasteiger partial charge in [0, 0.05) is 13.0 Å². The molecule has 2 aliphatic heterocycles. The van der Waals surface area contributed by atoms with E-state index < -0.39 is 18.1 Å². The van der Waals surface area contributed by atoms with Crippen LogP contribution >= 0.6 is 0 Å². The van der Waals surface area contributed by atoms with Crippen LogP contribution in [0.3, 0.4) is 0 Å². The fraction of sp³-hybridized carbons (Fsp3) is 0.750. The van der Waals surface area contributed by atoms with Gasteiger partial charge in [-0.05, 0) is 94.5 Å². The average Bonchev–Trinajstić information content (AvgIpc) is 2.91. The van der Waals surface area contributed by atoms with E-state index >= 15 is 0 Å². The van der Waals surface area contributed by atoms with Crippen LogP contribution in [0.5, 0.6) is 0 Å². The van der Waals surface area contributed by atoms with Gasteiger partial charge in [-0.3, -0.25) is 4.79 Å². The zero-order valence-corrected chi connectivity index (χ0v) is 24.2. The molecule has 1 amide bonds. The fourth-order valence-corrected chi connectivity index (χ4v) is 6.34. The van der Waals surface area contributed by atoms with Gasteiger partial charge in [-0.2, -0.15) is 0 Å². The van der Waals surface area contributed by atoms with Crippen molar-refractivity contribution >= 4 is 11.9 Å². The molecule has 0 bridgehead atoms. The summed E-state index contributed by atoms with van der Waals surface area (Å²) in [6, 6.07) is -0.728. The normalized spacial score (nSPS) is 32.4. The lowest BCUT2D eigenvalue weighted by molar-refractivity contribution is -0.156. The van der Waals surface area contributed by atoms with E-state index in [0.717, 1.165) is 63.4 Å². The van der Waals surface area contributed by atoms with Gasteiger partial charge in [0.2, 0.25) is 5.91 Å². The first-order valence-corrected chi connectivity index (χ1v) is 15.2. The number of carboxylic acid groups (broad SMARTS) is 1. The molecule has 0 unspecified atom stereocenters. The van der Waals surface area contributed by atoms with E-state index in [1.165, 1.54) is 4.90 Å². The third-order valence-electron chi connectivity index (χ3n) is 8.98. The molecule has 0 aromatic rings. The number of aliphatic carboxylic acids is 1. The van der Waals surface area contributed by atoms with Crippen LogP contribution in [0.15, 0.2) is 36.0 Å². The third kappa shape index (κ3) is 10.2. The Bertz CT molecular complexity index is 874. The highest BCUT2D eigenvalue weighted by Gasteiger charge is 2.36. The number of rotatable bonds is 11. The first-order chi connectivity index (χ1) is 18.6. The minimum absolute atomic E-state index is 0.0997. The van der Waals surface area contributed by atoms with E-state index in [1.54, 1.807) is 0 Å². The number of hydrogen-bond donors (Lipinski definition) is 3. The first-order valence-electron chi connectivity index (χ1n) is 15.2. The molecule has 39 heavy (non-hydrogen) atoms. The first kappa shape index (κ1) is 31.6. The predicted molar refractivity (Wildman–Crippen MR) is 153 cm³/mol. The Hall–Kier alpha value is -1.96. The molecule has 0 aromatic carbocycles. The van der Waals surface area contributed by atoms with Crippen molar-refractivity contribution in [1.82, 2.24) is 4.90 Å². The Morgan fingerprint density at radius 2 is 1.74 bits per heavy atom. The van der Waals surface area contributed by atoms with Gasteiger partial charge in [-0.25, -0.2) is 4.79 Å². The molecule has 0 spiro atoms. The average molecular weight is 546 g/mol. The summed E-state index contributed by atoms with van der Waals surface area (Å²) in [6.07, 6.45) is 19.0. The molecule has 1 saturated carbocycles. The summed E-state index contributed by atoms with van der Waals surface area (Å²) in [7, 11) is 0. The molecule has 3 aliphatic rings.